The van der Waals surface area contributed by atoms with E-state index in [1.807, 2.05) is 0 Å². The van der Waals surface area contributed by atoms with Gasteiger partial charge in [0.2, 0.25) is 0 Å². The molecule has 2 fully saturated rings. The summed E-state index contributed by atoms with van der Waals surface area (Å²) in [6, 6.07) is 47.3. The lowest BCUT2D eigenvalue weighted by Crippen LogP contribution is -2.37. The van der Waals surface area contributed by atoms with Crippen molar-refractivity contribution in [3.05, 3.63) is 138 Å². The van der Waals surface area contributed by atoms with E-state index in [4.69, 9.17) is 0 Å². The summed E-state index contributed by atoms with van der Waals surface area (Å²) in [5.74, 6) is 1.06. The molecule has 0 atom stereocenters. The molecule has 0 amide bonds. The Labute approximate surface area is 356 Å². The maximum Gasteiger partial charge on any atom is 0.0775 e. The zero-order chi connectivity index (χ0) is 41.3. The molecule has 6 aromatic carbocycles. The van der Waals surface area contributed by atoms with Gasteiger partial charge < -0.3 is 19.6 Å². The highest BCUT2D eigenvalue weighted by molar-refractivity contribution is 6.88. The fraction of sp³-hybridized carbons (Fsp3) is 0.370. The fourth-order valence-electron chi connectivity index (χ4n) is 9.75. The molecule has 2 saturated carbocycles. The molecule has 59 heavy (non-hydrogen) atoms. The molecule has 0 aliphatic heterocycles. The van der Waals surface area contributed by atoms with Gasteiger partial charge in [-0.05, 0) is 163 Å². The molecule has 0 unspecified atom stereocenters. The largest absolute Gasteiger partial charge is 0.378 e. The number of aryl methyl sites for hydroxylation is 1. The number of hydrogen-bond donors (Lipinski definition) is 0. The molecule has 6 aromatic rings. The normalized spacial score (nSPS) is 15.3. The first-order valence-corrected chi connectivity index (χ1v) is 25.9. The lowest BCUT2D eigenvalue weighted by Gasteiger charge is -2.33. The number of anilines is 8. The van der Waals surface area contributed by atoms with Gasteiger partial charge in [0.05, 0.1) is 8.07 Å². The summed E-state index contributed by atoms with van der Waals surface area (Å²) in [6.07, 6.45) is 12.9. The van der Waals surface area contributed by atoms with E-state index >= 15 is 0 Å². The Hall–Kier alpha value is -5.00. The number of hydrogen-bond acceptors (Lipinski definition) is 4. The third-order valence-electron chi connectivity index (χ3n) is 13.2. The smallest absolute Gasteiger partial charge is 0.0775 e. The Morgan fingerprint density at radius 1 is 0.390 bits per heavy atom. The Kier molecular flexibility index (Phi) is 12.0. The summed E-state index contributed by atoms with van der Waals surface area (Å²) in [6.45, 7) is 9.52. The summed E-state index contributed by atoms with van der Waals surface area (Å²) in [7, 11) is 7.03. The second kappa shape index (κ2) is 17.3. The molecular formula is C54H66N4Si. The molecule has 2 aliphatic rings. The molecule has 0 saturated heterocycles. The lowest BCUT2D eigenvalue weighted by atomic mass is 9.78. The van der Waals surface area contributed by atoms with Crippen LogP contribution in [0.15, 0.2) is 121 Å². The van der Waals surface area contributed by atoms with Gasteiger partial charge >= 0.3 is 0 Å². The average Bonchev–Trinajstić information content (AvgIpc) is 3.25. The third kappa shape index (κ3) is 8.82. The summed E-state index contributed by atoms with van der Waals surface area (Å²) < 4.78 is 0. The van der Waals surface area contributed by atoms with Crippen molar-refractivity contribution in [2.75, 3.05) is 47.8 Å². The maximum absolute atomic E-state index is 2.60. The first-order chi connectivity index (χ1) is 28.4. The molecule has 0 bridgehead atoms. The van der Waals surface area contributed by atoms with Gasteiger partial charge in [-0.25, -0.2) is 0 Å². The van der Waals surface area contributed by atoms with Crippen molar-refractivity contribution >= 4 is 69.5 Å². The molecule has 4 nitrogen and oxygen atoms in total. The van der Waals surface area contributed by atoms with Crippen LogP contribution in [0, 0.1) is 6.92 Å². The predicted octanol–water partition coefficient (Wildman–Crippen LogP) is 14.9. The van der Waals surface area contributed by atoms with Gasteiger partial charge in [0, 0.05) is 73.7 Å². The number of benzene rings is 6. The lowest BCUT2D eigenvalue weighted by molar-refractivity contribution is 0.444. The van der Waals surface area contributed by atoms with Crippen molar-refractivity contribution in [3.63, 3.8) is 0 Å². The SMILES string of the molecule is Cc1ccc(N(c2ccc(N(C)C)cc2)c2cc(C3CCCCC3)c3cc(N(c4ccc(N(C)C)cc4)c4ccc([Si](C)(C)C)cc4)cc(C4CCCCC4)c3c2)cc1. The molecule has 8 rings (SSSR count). The van der Waals surface area contributed by atoms with Gasteiger partial charge in [-0.2, -0.15) is 0 Å². The molecule has 306 valence electrons. The Bertz CT molecular complexity index is 2330. The van der Waals surface area contributed by atoms with Crippen molar-refractivity contribution in [2.24, 2.45) is 0 Å². The standard InChI is InChI=1S/C54H66N4Si/c1-39-19-21-44(22-20-39)57(45-27-23-42(24-28-45)55(2)3)48-35-51(40-15-11-9-12-16-40)54-38-49(36-52(53(54)37-48)41-17-13-10-14-18-41)58(46-29-25-43(26-30-46)56(4)5)47-31-33-50(34-32-47)59(6,7)8/h19-38,40-41H,9-18H2,1-8H3. The van der Waals surface area contributed by atoms with Gasteiger partial charge in [0.1, 0.15) is 0 Å². The van der Waals surface area contributed by atoms with Crippen LogP contribution in [-0.2, 0) is 0 Å². The molecule has 0 heterocycles. The highest BCUT2D eigenvalue weighted by Crippen LogP contribution is 2.48. The van der Waals surface area contributed by atoms with Crippen LogP contribution >= 0.6 is 0 Å². The Balaban J connectivity index is 1.39. The highest BCUT2D eigenvalue weighted by atomic mass is 28.3. The molecule has 0 N–H and O–H groups in total. The van der Waals surface area contributed by atoms with Crippen LogP contribution in [0.25, 0.3) is 10.8 Å². The molecule has 0 aromatic heterocycles. The second-order valence-corrected chi connectivity index (χ2v) is 24.0. The van der Waals surface area contributed by atoms with Crippen LogP contribution < -0.4 is 24.8 Å². The monoisotopic (exact) mass is 799 g/mol. The quantitative estimate of drug-likeness (QED) is 0.121. The first-order valence-electron chi connectivity index (χ1n) is 22.4. The van der Waals surface area contributed by atoms with Crippen LogP contribution in [0.5, 0.6) is 0 Å². The molecule has 2 aliphatic carbocycles. The highest BCUT2D eigenvalue weighted by Gasteiger charge is 2.27. The van der Waals surface area contributed by atoms with Gasteiger partial charge in [-0.3, -0.25) is 0 Å². The second-order valence-electron chi connectivity index (χ2n) is 19.0. The van der Waals surface area contributed by atoms with Crippen LogP contribution in [-0.4, -0.2) is 36.3 Å². The van der Waals surface area contributed by atoms with Crippen LogP contribution in [0.4, 0.5) is 45.5 Å². The van der Waals surface area contributed by atoms with E-state index in [0.29, 0.717) is 11.8 Å². The minimum atomic E-state index is -1.47. The average molecular weight is 799 g/mol. The van der Waals surface area contributed by atoms with Gasteiger partial charge in [-0.15, -0.1) is 0 Å². The van der Waals surface area contributed by atoms with Crippen LogP contribution in [0.2, 0.25) is 19.6 Å². The summed E-state index contributed by atoms with van der Waals surface area (Å²) in [5, 5.41) is 4.38. The van der Waals surface area contributed by atoms with Gasteiger partial charge in [0.15, 0.2) is 0 Å². The molecular weight excluding hydrogens is 733 g/mol. The number of rotatable bonds is 11. The molecule has 5 heteroatoms. The topological polar surface area (TPSA) is 13.0 Å². The van der Waals surface area contributed by atoms with E-state index < -0.39 is 8.07 Å². The molecule has 0 spiro atoms. The van der Waals surface area contributed by atoms with Gasteiger partial charge in [-0.1, -0.05) is 93.2 Å². The zero-order valence-electron chi connectivity index (χ0n) is 37.1. The van der Waals surface area contributed by atoms with E-state index in [2.05, 4.69) is 196 Å². The first kappa shape index (κ1) is 40.8. The van der Waals surface area contributed by atoms with Crippen LogP contribution in [0.1, 0.15) is 92.7 Å². The Morgan fingerprint density at radius 3 is 1.05 bits per heavy atom. The Morgan fingerprint density at radius 2 is 0.712 bits per heavy atom. The van der Waals surface area contributed by atoms with Crippen molar-refractivity contribution in [1.82, 2.24) is 0 Å². The van der Waals surface area contributed by atoms with Crippen molar-refractivity contribution in [3.8, 4) is 0 Å². The zero-order valence-corrected chi connectivity index (χ0v) is 38.1. The minimum absolute atomic E-state index is 0.528. The van der Waals surface area contributed by atoms with Crippen LogP contribution in [0.3, 0.4) is 0 Å². The number of nitrogens with zero attached hydrogens (tertiary/aromatic N) is 4. The van der Waals surface area contributed by atoms with Crippen molar-refractivity contribution in [2.45, 2.75) is 103 Å². The fourth-order valence-corrected chi connectivity index (χ4v) is 10.9. The van der Waals surface area contributed by atoms with Crippen molar-refractivity contribution < 1.29 is 0 Å². The summed E-state index contributed by atoms with van der Waals surface area (Å²) >= 11 is 0. The van der Waals surface area contributed by atoms with E-state index in [-0.39, 0.29) is 0 Å². The van der Waals surface area contributed by atoms with Crippen molar-refractivity contribution in [1.29, 1.82) is 0 Å². The van der Waals surface area contributed by atoms with Gasteiger partial charge in [0.25, 0.3) is 0 Å². The maximum atomic E-state index is 2.60. The predicted molar refractivity (Wildman–Crippen MR) is 261 cm³/mol. The van der Waals surface area contributed by atoms with E-state index in [1.54, 1.807) is 0 Å². The molecule has 0 radical (unpaired) electrons. The third-order valence-corrected chi connectivity index (χ3v) is 15.3. The van der Waals surface area contributed by atoms with E-state index in [0.717, 1.165) is 0 Å². The summed E-state index contributed by atoms with van der Waals surface area (Å²) in [4.78, 5) is 9.44. The van der Waals surface area contributed by atoms with E-state index in [1.165, 1.54) is 142 Å². The number of fused-ring (bicyclic) bond motifs is 1. The minimum Gasteiger partial charge on any atom is -0.378 e. The van der Waals surface area contributed by atoms with E-state index in [9.17, 15) is 0 Å². The summed E-state index contributed by atoms with van der Waals surface area (Å²) in [5.41, 5.74) is 14.1.